The third kappa shape index (κ3) is 6.22. The fourth-order valence-corrected chi connectivity index (χ4v) is 5.03. The molecule has 1 heterocycles. The molecule has 3 unspecified atom stereocenters. The Balaban J connectivity index is 1.57. The third-order valence-electron chi connectivity index (χ3n) is 7.20. The Bertz CT molecular complexity index is 1540. The van der Waals surface area contributed by atoms with Gasteiger partial charge in [0.25, 0.3) is 0 Å². The first-order valence-corrected chi connectivity index (χ1v) is 13.0. The van der Waals surface area contributed by atoms with Crippen LogP contribution in [0.4, 0.5) is 0 Å². The number of nitrogens with one attached hydrogen (secondary N) is 1. The molecule has 2 aliphatic carbocycles. The van der Waals surface area contributed by atoms with Gasteiger partial charge in [-0.2, -0.15) is 5.26 Å². The molecule has 0 saturated heterocycles. The molecule has 0 bridgehead atoms. The van der Waals surface area contributed by atoms with Gasteiger partial charge in [0.1, 0.15) is 12.4 Å². The third-order valence-corrected chi connectivity index (χ3v) is 7.20. The number of fused-ring (bicyclic) bond motifs is 1. The molecule has 5 heteroatoms. The van der Waals surface area contributed by atoms with Gasteiger partial charge in [-0.15, -0.1) is 0 Å². The quantitative estimate of drug-likeness (QED) is 0.173. The summed E-state index contributed by atoms with van der Waals surface area (Å²) in [7, 11) is 0. The largest absolute Gasteiger partial charge is 0.490 e. The van der Waals surface area contributed by atoms with Crippen molar-refractivity contribution in [1.29, 1.82) is 5.26 Å². The van der Waals surface area contributed by atoms with Crippen molar-refractivity contribution in [3.63, 3.8) is 0 Å². The van der Waals surface area contributed by atoms with E-state index in [4.69, 9.17) is 10.00 Å². The van der Waals surface area contributed by atoms with Gasteiger partial charge in [-0.1, -0.05) is 62.6 Å². The van der Waals surface area contributed by atoms with Crippen molar-refractivity contribution in [3.8, 4) is 17.9 Å². The first-order valence-electron chi connectivity index (χ1n) is 13.0. The highest BCUT2D eigenvalue weighted by Crippen LogP contribution is 2.41. The number of aromatic amines is 1. The molecule has 0 amide bonds. The lowest BCUT2D eigenvalue weighted by Gasteiger charge is -2.27. The average molecular weight is 517 g/mol. The minimum Gasteiger partial charge on any atom is -0.490 e. The zero-order chi connectivity index (χ0) is 27.9. The molecule has 2 N–H and O–H groups in total. The van der Waals surface area contributed by atoms with Crippen molar-refractivity contribution in [1.82, 2.24) is 4.98 Å². The van der Waals surface area contributed by atoms with Crippen LogP contribution in [0.1, 0.15) is 71.8 Å². The zero-order valence-corrected chi connectivity index (χ0v) is 22.5. The summed E-state index contributed by atoms with van der Waals surface area (Å²) < 4.78 is 5.91. The monoisotopic (exact) mass is 516 g/mol. The number of allylic oxidation sites excluding steroid dienone is 8. The van der Waals surface area contributed by atoms with E-state index in [1.807, 2.05) is 49.6 Å². The maximum Gasteiger partial charge on any atom is 0.336 e. The van der Waals surface area contributed by atoms with Crippen LogP contribution >= 0.6 is 0 Å². The van der Waals surface area contributed by atoms with Gasteiger partial charge in [0.2, 0.25) is 0 Å². The van der Waals surface area contributed by atoms with E-state index in [-0.39, 0.29) is 23.3 Å². The van der Waals surface area contributed by atoms with E-state index in [1.165, 1.54) is 0 Å². The lowest BCUT2D eigenvalue weighted by molar-refractivity contribution is 0.0695. The SMILES string of the molecule is C=C(C#N)/C=C\C(=C/C)OCC1=CC=C(C#Cc2cccc(C(=O)O)c2C2C=Cc3cc[nH]c3C2C)C(C)C1. The van der Waals surface area contributed by atoms with Crippen LogP contribution in [0.5, 0.6) is 0 Å². The number of nitrogens with zero attached hydrogens (tertiary/aromatic N) is 1. The number of aromatic carboxylic acids is 1. The molecule has 1 aromatic heterocycles. The Kier molecular flexibility index (Phi) is 8.54. The fraction of sp³-hybridized carbons (Fsp3) is 0.235. The Labute approximate surface area is 230 Å². The molecule has 5 nitrogen and oxygen atoms in total. The highest BCUT2D eigenvalue weighted by atomic mass is 16.5. The maximum atomic E-state index is 12.2. The van der Waals surface area contributed by atoms with E-state index in [2.05, 4.69) is 49.4 Å². The van der Waals surface area contributed by atoms with Crippen molar-refractivity contribution in [3.05, 3.63) is 124 Å². The summed E-state index contributed by atoms with van der Waals surface area (Å²) in [4.78, 5) is 15.5. The summed E-state index contributed by atoms with van der Waals surface area (Å²) in [6.07, 6.45) is 16.2. The highest BCUT2D eigenvalue weighted by Gasteiger charge is 2.29. The van der Waals surface area contributed by atoms with E-state index in [0.29, 0.717) is 17.9 Å². The van der Waals surface area contributed by atoms with Gasteiger partial charge in [-0.3, -0.25) is 0 Å². The number of carboxylic acids is 1. The lowest BCUT2D eigenvalue weighted by atomic mass is 9.77. The molecular weight excluding hydrogens is 484 g/mol. The number of carboxylic acid groups (broad SMARTS) is 1. The number of ether oxygens (including phenoxy) is 1. The summed E-state index contributed by atoms with van der Waals surface area (Å²) in [6, 6.07) is 9.37. The Morgan fingerprint density at radius 2 is 2.05 bits per heavy atom. The number of carbonyl (C=O) groups is 1. The molecule has 0 spiro atoms. The number of hydrogen-bond donors (Lipinski definition) is 2. The topological polar surface area (TPSA) is 86.1 Å². The molecule has 0 aliphatic heterocycles. The van der Waals surface area contributed by atoms with Crippen LogP contribution < -0.4 is 0 Å². The van der Waals surface area contributed by atoms with E-state index >= 15 is 0 Å². The van der Waals surface area contributed by atoms with Crippen molar-refractivity contribution >= 4 is 12.0 Å². The second-order valence-electron chi connectivity index (χ2n) is 9.84. The van der Waals surface area contributed by atoms with Crippen molar-refractivity contribution in [2.24, 2.45) is 5.92 Å². The fourth-order valence-electron chi connectivity index (χ4n) is 5.03. The Hall–Kier alpha value is -4.74. The van der Waals surface area contributed by atoms with Gasteiger partial charge >= 0.3 is 5.97 Å². The second kappa shape index (κ2) is 12.2. The molecule has 196 valence electrons. The number of hydrogen-bond acceptors (Lipinski definition) is 3. The van der Waals surface area contributed by atoms with E-state index in [0.717, 1.165) is 40.0 Å². The van der Waals surface area contributed by atoms with Gasteiger partial charge in [0.05, 0.1) is 11.6 Å². The highest BCUT2D eigenvalue weighted by molar-refractivity contribution is 5.91. The normalized spacial score (nSPS) is 20.3. The first kappa shape index (κ1) is 27.3. The summed E-state index contributed by atoms with van der Waals surface area (Å²) in [5.74, 6) is 6.57. The van der Waals surface area contributed by atoms with Gasteiger partial charge in [-0.25, -0.2) is 4.79 Å². The minimum absolute atomic E-state index is 0.0919. The van der Waals surface area contributed by atoms with Gasteiger partial charge in [0.15, 0.2) is 0 Å². The predicted octanol–water partition coefficient (Wildman–Crippen LogP) is 7.43. The minimum atomic E-state index is -0.948. The molecule has 2 aliphatic rings. The van der Waals surface area contributed by atoms with Crippen LogP contribution in [0.3, 0.4) is 0 Å². The zero-order valence-electron chi connectivity index (χ0n) is 22.5. The number of rotatable bonds is 7. The number of benzene rings is 1. The summed E-state index contributed by atoms with van der Waals surface area (Å²) >= 11 is 0. The van der Waals surface area contributed by atoms with E-state index in [9.17, 15) is 9.90 Å². The Morgan fingerprint density at radius 3 is 2.77 bits per heavy atom. The Morgan fingerprint density at radius 1 is 1.23 bits per heavy atom. The molecule has 1 aromatic carbocycles. The average Bonchev–Trinajstić information content (AvgIpc) is 3.42. The summed E-state index contributed by atoms with van der Waals surface area (Å²) in [5, 5.41) is 18.9. The van der Waals surface area contributed by atoms with Crippen LogP contribution in [-0.4, -0.2) is 22.7 Å². The van der Waals surface area contributed by atoms with Crippen molar-refractivity contribution < 1.29 is 14.6 Å². The van der Waals surface area contributed by atoms with Crippen LogP contribution in [0.25, 0.3) is 6.08 Å². The number of H-pyrrole nitrogens is 1. The smallest absolute Gasteiger partial charge is 0.336 e. The van der Waals surface area contributed by atoms with E-state index in [1.54, 1.807) is 24.3 Å². The standard InChI is InChI=1S/C34H32N2O3/c1-5-29(15-9-22(2)20-35)39-21-25-10-11-26(23(3)19-25)12-13-27-7-6-8-31(34(37)38)32(27)30-16-14-28-17-18-36-33(28)24(30)4/h5-11,14-18,23-24,30,36H,2,19,21H2,1,3-4H3,(H,37,38)/b15-9-,29-5+. The maximum absolute atomic E-state index is 12.2. The van der Waals surface area contributed by atoms with Crippen LogP contribution in [0.15, 0.2) is 96.0 Å². The van der Waals surface area contributed by atoms with Crippen molar-refractivity contribution in [2.75, 3.05) is 6.61 Å². The molecule has 3 atom stereocenters. The lowest BCUT2D eigenvalue weighted by Crippen LogP contribution is -2.16. The second-order valence-corrected chi connectivity index (χ2v) is 9.84. The molecule has 2 aromatic rings. The molecule has 0 saturated carbocycles. The molecule has 4 rings (SSSR count). The molecular formula is C34H32N2O3. The number of aromatic nitrogens is 1. The summed E-state index contributed by atoms with van der Waals surface area (Å²) in [5.41, 5.74) is 6.54. The molecule has 39 heavy (non-hydrogen) atoms. The van der Waals surface area contributed by atoms with Crippen LogP contribution in [0.2, 0.25) is 0 Å². The predicted molar refractivity (Wildman–Crippen MR) is 155 cm³/mol. The molecule has 0 radical (unpaired) electrons. The van der Waals surface area contributed by atoms with Crippen LogP contribution in [0, 0.1) is 29.1 Å². The van der Waals surface area contributed by atoms with Gasteiger partial charge < -0.3 is 14.8 Å². The first-order chi connectivity index (χ1) is 18.8. The number of nitriles is 1. The van der Waals surface area contributed by atoms with Crippen LogP contribution in [-0.2, 0) is 4.74 Å². The van der Waals surface area contributed by atoms with Gasteiger partial charge in [0, 0.05) is 40.4 Å². The molecule has 0 fully saturated rings. The van der Waals surface area contributed by atoms with E-state index < -0.39 is 5.97 Å². The van der Waals surface area contributed by atoms with Gasteiger partial charge in [-0.05, 0) is 72.4 Å². The summed E-state index contributed by atoms with van der Waals surface area (Å²) in [6.45, 7) is 10.2. The van der Waals surface area contributed by atoms with Crippen molar-refractivity contribution in [2.45, 2.75) is 39.0 Å².